The Hall–Kier alpha value is -3.67. The molecule has 2 aromatic heterocycles. The maximum Gasteiger partial charge on any atom is 0.228 e. The van der Waals surface area contributed by atoms with E-state index in [2.05, 4.69) is 15.5 Å². The van der Waals surface area contributed by atoms with Crippen molar-refractivity contribution in [1.29, 1.82) is 0 Å². The summed E-state index contributed by atoms with van der Waals surface area (Å²) in [5.41, 5.74) is 4.50. The SMILES string of the molecule is Cc1ccnn1-c1cccc(NC(=O)Cc2cnn(-c3ccccc3)c2)c1. The number of hydrogen-bond donors (Lipinski definition) is 1. The second-order valence-corrected chi connectivity index (χ2v) is 6.29. The van der Waals surface area contributed by atoms with Crippen LogP contribution in [-0.4, -0.2) is 25.5 Å². The van der Waals surface area contributed by atoms with E-state index < -0.39 is 0 Å². The minimum Gasteiger partial charge on any atom is -0.326 e. The smallest absolute Gasteiger partial charge is 0.228 e. The van der Waals surface area contributed by atoms with E-state index in [-0.39, 0.29) is 12.3 Å². The van der Waals surface area contributed by atoms with Crippen LogP contribution in [0, 0.1) is 6.92 Å². The molecule has 6 nitrogen and oxygen atoms in total. The van der Waals surface area contributed by atoms with Crippen LogP contribution in [0.1, 0.15) is 11.3 Å². The van der Waals surface area contributed by atoms with Gasteiger partial charge >= 0.3 is 0 Å². The average Bonchev–Trinajstić information content (AvgIpc) is 3.31. The third-order valence-corrected chi connectivity index (χ3v) is 4.23. The van der Waals surface area contributed by atoms with Crippen LogP contribution in [0.2, 0.25) is 0 Å². The number of nitrogens with one attached hydrogen (secondary N) is 1. The fourth-order valence-corrected chi connectivity index (χ4v) is 2.92. The molecule has 0 aliphatic carbocycles. The van der Waals surface area contributed by atoms with Gasteiger partial charge in [-0.1, -0.05) is 24.3 Å². The van der Waals surface area contributed by atoms with Crippen LogP contribution in [-0.2, 0) is 11.2 Å². The van der Waals surface area contributed by atoms with Crippen molar-refractivity contribution in [3.8, 4) is 11.4 Å². The van der Waals surface area contributed by atoms with Gasteiger partial charge in [0.05, 0.1) is 24.0 Å². The maximum absolute atomic E-state index is 12.4. The summed E-state index contributed by atoms with van der Waals surface area (Å²) in [6.45, 7) is 1.99. The van der Waals surface area contributed by atoms with E-state index in [4.69, 9.17) is 0 Å². The first-order valence-corrected chi connectivity index (χ1v) is 8.69. The molecule has 0 spiro atoms. The molecule has 0 atom stereocenters. The maximum atomic E-state index is 12.4. The Morgan fingerprint density at radius 3 is 2.59 bits per heavy atom. The molecule has 0 saturated heterocycles. The molecule has 4 aromatic rings. The molecule has 0 radical (unpaired) electrons. The van der Waals surface area contributed by atoms with Crippen LogP contribution in [0.25, 0.3) is 11.4 Å². The van der Waals surface area contributed by atoms with Crippen LogP contribution in [0.4, 0.5) is 5.69 Å². The Bertz CT molecular complexity index is 1060. The first kappa shape index (κ1) is 16.8. The lowest BCUT2D eigenvalue weighted by molar-refractivity contribution is -0.115. The van der Waals surface area contributed by atoms with Crippen molar-refractivity contribution < 1.29 is 4.79 Å². The molecule has 2 aromatic carbocycles. The van der Waals surface area contributed by atoms with Gasteiger partial charge in [0.1, 0.15) is 0 Å². The molecule has 27 heavy (non-hydrogen) atoms. The lowest BCUT2D eigenvalue weighted by atomic mass is 10.2. The average molecular weight is 357 g/mol. The molecule has 0 fully saturated rings. The zero-order valence-electron chi connectivity index (χ0n) is 14.9. The van der Waals surface area contributed by atoms with Gasteiger partial charge in [0.2, 0.25) is 5.91 Å². The number of nitrogens with zero attached hydrogens (tertiary/aromatic N) is 4. The second-order valence-electron chi connectivity index (χ2n) is 6.29. The van der Waals surface area contributed by atoms with E-state index in [1.54, 1.807) is 17.1 Å². The zero-order chi connectivity index (χ0) is 18.6. The van der Waals surface area contributed by atoms with E-state index in [0.29, 0.717) is 0 Å². The molecular formula is C21H19N5O. The number of anilines is 1. The summed E-state index contributed by atoms with van der Waals surface area (Å²) in [7, 11) is 0. The summed E-state index contributed by atoms with van der Waals surface area (Å²) in [6.07, 6.45) is 5.61. The van der Waals surface area contributed by atoms with Gasteiger partial charge in [-0.05, 0) is 48.9 Å². The number of hydrogen-bond acceptors (Lipinski definition) is 3. The second kappa shape index (κ2) is 7.29. The van der Waals surface area contributed by atoms with E-state index in [1.807, 2.05) is 78.5 Å². The fraction of sp³-hybridized carbons (Fsp3) is 0.0952. The minimum atomic E-state index is -0.0862. The summed E-state index contributed by atoms with van der Waals surface area (Å²) in [5, 5.41) is 11.6. The summed E-state index contributed by atoms with van der Waals surface area (Å²) in [6, 6.07) is 19.4. The largest absolute Gasteiger partial charge is 0.326 e. The third kappa shape index (κ3) is 3.79. The molecule has 0 bridgehead atoms. The van der Waals surface area contributed by atoms with Gasteiger partial charge in [0.25, 0.3) is 0 Å². The van der Waals surface area contributed by atoms with Crippen LogP contribution < -0.4 is 5.32 Å². The van der Waals surface area contributed by atoms with Gasteiger partial charge in [-0.15, -0.1) is 0 Å². The normalized spacial score (nSPS) is 10.7. The summed E-state index contributed by atoms with van der Waals surface area (Å²) >= 11 is 0. The number of benzene rings is 2. The van der Waals surface area contributed by atoms with Gasteiger partial charge in [-0.25, -0.2) is 9.36 Å². The van der Waals surface area contributed by atoms with Crippen LogP contribution in [0.3, 0.4) is 0 Å². The summed E-state index contributed by atoms with van der Waals surface area (Å²) in [5.74, 6) is -0.0862. The van der Waals surface area contributed by atoms with Crippen molar-refractivity contribution in [2.75, 3.05) is 5.32 Å². The molecule has 0 aliphatic heterocycles. The van der Waals surface area contributed by atoms with E-state index in [1.165, 1.54) is 0 Å². The zero-order valence-corrected chi connectivity index (χ0v) is 14.9. The van der Waals surface area contributed by atoms with E-state index >= 15 is 0 Å². The van der Waals surface area contributed by atoms with Gasteiger partial charge < -0.3 is 5.32 Å². The number of aromatic nitrogens is 4. The van der Waals surface area contributed by atoms with Gasteiger partial charge in [0.15, 0.2) is 0 Å². The molecule has 134 valence electrons. The number of carbonyl (C=O) groups excluding carboxylic acids is 1. The predicted octanol–water partition coefficient (Wildman–Crippen LogP) is 3.55. The number of amides is 1. The van der Waals surface area contributed by atoms with Crippen LogP contribution in [0.5, 0.6) is 0 Å². The number of carbonyl (C=O) groups is 1. The van der Waals surface area contributed by atoms with Gasteiger partial charge in [-0.2, -0.15) is 10.2 Å². The first-order valence-electron chi connectivity index (χ1n) is 8.69. The molecule has 0 saturated carbocycles. The van der Waals surface area contributed by atoms with Crippen molar-refractivity contribution in [2.24, 2.45) is 0 Å². The summed E-state index contributed by atoms with van der Waals surface area (Å²) in [4.78, 5) is 12.4. The predicted molar refractivity (Wildman–Crippen MR) is 104 cm³/mol. The molecule has 0 unspecified atom stereocenters. The third-order valence-electron chi connectivity index (χ3n) is 4.23. The Balaban J connectivity index is 1.44. The highest BCUT2D eigenvalue weighted by molar-refractivity contribution is 5.92. The van der Waals surface area contributed by atoms with Crippen molar-refractivity contribution in [3.63, 3.8) is 0 Å². The fourth-order valence-electron chi connectivity index (χ4n) is 2.92. The molecule has 4 rings (SSSR count). The Morgan fingerprint density at radius 1 is 1.00 bits per heavy atom. The molecule has 2 heterocycles. The highest BCUT2D eigenvalue weighted by Crippen LogP contribution is 2.16. The highest BCUT2D eigenvalue weighted by Gasteiger charge is 2.08. The van der Waals surface area contributed by atoms with Crippen molar-refractivity contribution in [1.82, 2.24) is 19.6 Å². The van der Waals surface area contributed by atoms with E-state index in [0.717, 1.165) is 28.3 Å². The molecule has 1 N–H and O–H groups in total. The number of para-hydroxylation sites is 1. The van der Waals surface area contributed by atoms with Crippen LogP contribution >= 0.6 is 0 Å². The highest BCUT2D eigenvalue weighted by atomic mass is 16.1. The number of rotatable bonds is 5. The molecular weight excluding hydrogens is 338 g/mol. The Kier molecular flexibility index (Phi) is 4.53. The van der Waals surface area contributed by atoms with Crippen LogP contribution in [0.15, 0.2) is 79.3 Å². The lowest BCUT2D eigenvalue weighted by Gasteiger charge is -2.08. The molecule has 0 aliphatic rings. The van der Waals surface area contributed by atoms with Gasteiger partial charge in [-0.3, -0.25) is 4.79 Å². The monoisotopic (exact) mass is 357 g/mol. The lowest BCUT2D eigenvalue weighted by Crippen LogP contribution is -2.14. The molecule has 1 amide bonds. The van der Waals surface area contributed by atoms with Gasteiger partial charge in [0, 0.05) is 23.8 Å². The first-order chi connectivity index (χ1) is 13.2. The quantitative estimate of drug-likeness (QED) is 0.594. The Labute approximate surface area is 157 Å². The van der Waals surface area contributed by atoms with E-state index in [9.17, 15) is 4.79 Å². The number of aryl methyl sites for hydroxylation is 1. The van der Waals surface area contributed by atoms with Crippen molar-refractivity contribution in [2.45, 2.75) is 13.3 Å². The standard InChI is InChI=1S/C21H19N5O/c1-16-10-11-22-26(16)20-9-5-6-18(13-20)24-21(27)12-17-14-23-25(15-17)19-7-3-2-4-8-19/h2-11,13-15H,12H2,1H3,(H,24,27). The topological polar surface area (TPSA) is 64.7 Å². The summed E-state index contributed by atoms with van der Waals surface area (Å²) < 4.78 is 3.60. The van der Waals surface area contributed by atoms with Crippen molar-refractivity contribution in [3.05, 3.63) is 90.5 Å². The molecule has 6 heteroatoms. The van der Waals surface area contributed by atoms with Crippen molar-refractivity contribution >= 4 is 11.6 Å². The Morgan fingerprint density at radius 2 is 1.81 bits per heavy atom. The minimum absolute atomic E-state index is 0.0862.